The summed E-state index contributed by atoms with van der Waals surface area (Å²) in [5.41, 5.74) is 0. The summed E-state index contributed by atoms with van der Waals surface area (Å²) in [6, 6.07) is 0.0403. The smallest absolute Gasteiger partial charge is 0.212 e. The van der Waals surface area contributed by atoms with Gasteiger partial charge in [-0.3, -0.25) is 0 Å². The average Bonchev–Trinajstić information content (AvgIpc) is 2.63. The van der Waals surface area contributed by atoms with Crippen molar-refractivity contribution in [2.24, 2.45) is 0 Å². The third kappa shape index (κ3) is 2.84. The van der Waals surface area contributed by atoms with Gasteiger partial charge in [0.05, 0.1) is 5.75 Å². The topological polar surface area (TPSA) is 37.4 Å². The van der Waals surface area contributed by atoms with Crippen LogP contribution in [0.15, 0.2) is 0 Å². The SMILES string of the molecule is CCCCS(=O)(=O)N1CCC[C@H]1CCl. The molecule has 0 unspecified atom stereocenters. The molecule has 0 spiro atoms. The molecule has 0 aromatic heterocycles. The van der Waals surface area contributed by atoms with Gasteiger partial charge in [-0.05, 0) is 19.3 Å². The van der Waals surface area contributed by atoms with Gasteiger partial charge in [0.15, 0.2) is 0 Å². The Morgan fingerprint density at radius 2 is 2.21 bits per heavy atom. The third-order valence-corrected chi connectivity index (χ3v) is 4.97. The first-order chi connectivity index (χ1) is 6.61. The van der Waals surface area contributed by atoms with E-state index >= 15 is 0 Å². The molecule has 0 aliphatic carbocycles. The number of sulfonamides is 1. The molecule has 0 radical (unpaired) electrons. The Morgan fingerprint density at radius 3 is 2.79 bits per heavy atom. The molecule has 0 aromatic rings. The van der Waals surface area contributed by atoms with Crippen LogP contribution < -0.4 is 0 Å². The average molecular weight is 240 g/mol. The Balaban J connectivity index is 2.61. The van der Waals surface area contributed by atoms with Crippen molar-refractivity contribution in [1.29, 1.82) is 0 Å². The maximum absolute atomic E-state index is 11.8. The highest BCUT2D eigenvalue weighted by Crippen LogP contribution is 2.22. The highest BCUT2D eigenvalue weighted by molar-refractivity contribution is 7.89. The number of nitrogens with zero attached hydrogens (tertiary/aromatic N) is 1. The Labute approximate surface area is 91.5 Å². The van der Waals surface area contributed by atoms with Crippen molar-refractivity contribution in [3.05, 3.63) is 0 Å². The van der Waals surface area contributed by atoms with Gasteiger partial charge in [-0.25, -0.2) is 8.42 Å². The van der Waals surface area contributed by atoms with Crippen LogP contribution in [-0.2, 0) is 10.0 Å². The van der Waals surface area contributed by atoms with E-state index in [9.17, 15) is 8.42 Å². The Morgan fingerprint density at radius 1 is 1.50 bits per heavy atom. The summed E-state index contributed by atoms with van der Waals surface area (Å²) in [6.07, 6.45) is 3.52. The summed E-state index contributed by atoms with van der Waals surface area (Å²) >= 11 is 5.74. The van der Waals surface area contributed by atoms with E-state index in [4.69, 9.17) is 11.6 Å². The molecule has 1 fully saturated rings. The summed E-state index contributed by atoms with van der Waals surface area (Å²) in [5, 5.41) is 0. The van der Waals surface area contributed by atoms with Crippen LogP contribution in [0.1, 0.15) is 32.6 Å². The standard InChI is InChI=1S/C9H18ClNO2S/c1-2-3-7-14(12,13)11-6-4-5-9(11)8-10/h9H,2-8H2,1H3/t9-/m0/s1. The molecule has 1 atom stereocenters. The van der Waals surface area contributed by atoms with Gasteiger partial charge >= 0.3 is 0 Å². The Hall–Kier alpha value is 0.200. The van der Waals surface area contributed by atoms with Crippen LogP contribution in [0.2, 0.25) is 0 Å². The number of halogens is 1. The van der Waals surface area contributed by atoms with Gasteiger partial charge in [-0.1, -0.05) is 13.3 Å². The van der Waals surface area contributed by atoms with E-state index in [-0.39, 0.29) is 11.8 Å². The molecule has 14 heavy (non-hydrogen) atoms. The zero-order chi connectivity index (χ0) is 10.6. The fourth-order valence-corrected chi connectivity index (χ4v) is 4.11. The van der Waals surface area contributed by atoms with Gasteiger partial charge in [0.25, 0.3) is 0 Å². The summed E-state index contributed by atoms with van der Waals surface area (Å²) < 4.78 is 25.2. The van der Waals surface area contributed by atoms with Crippen molar-refractivity contribution in [1.82, 2.24) is 4.31 Å². The molecule has 3 nitrogen and oxygen atoms in total. The second kappa shape index (κ2) is 5.33. The third-order valence-electron chi connectivity index (χ3n) is 2.61. The van der Waals surface area contributed by atoms with E-state index in [2.05, 4.69) is 0 Å². The maximum Gasteiger partial charge on any atom is 0.214 e. The normalized spacial score (nSPS) is 24.3. The molecule has 0 bridgehead atoms. The molecule has 5 heteroatoms. The number of hydrogen-bond donors (Lipinski definition) is 0. The lowest BCUT2D eigenvalue weighted by molar-refractivity contribution is 0.410. The number of alkyl halides is 1. The number of hydrogen-bond acceptors (Lipinski definition) is 2. The van der Waals surface area contributed by atoms with Crippen molar-refractivity contribution in [2.75, 3.05) is 18.2 Å². The molecule has 1 saturated heterocycles. The van der Waals surface area contributed by atoms with Gasteiger partial charge in [0.2, 0.25) is 10.0 Å². The van der Waals surface area contributed by atoms with Crippen molar-refractivity contribution < 1.29 is 8.42 Å². The van der Waals surface area contributed by atoms with E-state index in [1.807, 2.05) is 6.92 Å². The fraction of sp³-hybridized carbons (Fsp3) is 1.00. The van der Waals surface area contributed by atoms with Crippen LogP contribution in [0, 0.1) is 0 Å². The molecule has 84 valence electrons. The fourth-order valence-electron chi connectivity index (χ4n) is 1.77. The summed E-state index contributed by atoms with van der Waals surface area (Å²) in [4.78, 5) is 0. The summed E-state index contributed by atoms with van der Waals surface area (Å²) in [6.45, 7) is 2.65. The summed E-state index contributed by atoms with van der Waals surface area (Å²) in [5.74, 6) is 0.697. The molecule has 1 rings (SSSR count). The van der Waals surface area contributed by atoms with E-state index in [1.165, 1.54) is 0 Å². The predicted molar refractivity (Wildman–Crippen MR) is 59.1 cm³/mol. The molecule has 1 aliphatic heterocycles. The first-order valence-corrected chi connectivity index (χ1v) is 7.31. The van der Waals surface area contributed by atoms with E-state index in [1.54, 1.807) is 4.31 Å². The Bertz CT molecular complexity index is 266. The second-order valence-corrected chi connectivity index (χ2v) is 6.08. The molecular formula is C9H18ClNO2S. The van der Waals surface area contributed by atoms with Crippen LogP contribution in [0.5, 0.6) is 0 Å². The quantitative estimate of drug-likeness (QED) is 0.687. The van der Waals surface area contributed by atoms with Gasteiger partial charge in [0, 0.05) is 18.5 Å². The Kier molecular flexibility index (Phi) is 4.67. The monoisotopic (exact) mass is 239 g/mol. The second-order valence-electron chi connectivity index (χ2n) is 3.73. The first-order valence-electron chi connectivity index (χ1n) is 5.17. The van der Waals surface area contributed by atoms with Crippen molar-refractivity contribution >= 4 is 21.6 Å². The maximum atomic E-state index is 11.8. The van der Waals surface area contributed by atoms with E-state index in [0.29, 0.717) is 12.4 Å². The molecule has 1 aliphatic rings. The van der Waals surface area contributed by atoms with Crippen LogP contribution >= 0.6 is 11.6 Å². The van der Waals surface area contributed by atoms with Gasteiger partial charge in [0.1, 0.15) is 0 Å². The van der Waals surface area contributed by atoms with Crippen LogP contribution in [0.3, 0.4) is 0 Å². The first kappa shape index (κ1) is 12.3. The number of unbranched alkanes of at least 4 members (excludes halogenated alkanes) is 1. The molecule has 0 aromatic carbocycles. The molecule has 0 amide bonds. The van der Waals surface area contributed by atoms with Gasteiger partial charge in [-0.15, -0.1) is 11.6 Å². The lowest BCUT2D eigenvalue weighted by atomic mass is 10.3. The number of rotatable bonds is 5. The highest BCUT2D eigenvalue weighted by Gasteiger charge is 2.32. The predicted octanol–water partition coefficient (Wildman–Crippen LogP) is 1.82. The lowest BCUT2D eigenvalue weighted by Crippen LogP contribution is -2.38. The molecule has 0 N–H and O–H groups in total. The zero-order valence-electron chi connectivity index (χ0n) is 8.58. The van der Waals surface area contributed by atoms with Crippen LogP contribution in [0.25, 0.3) is 0 Å². The molecular weight excluding hydrogens is 222 g/mol. The minimum absolute atomic E-state index is 0.0403. The van der Waals surface area contributed by atoms with Gasteiger partial charge in [-0.2, -0.15) is 4.31 Å². The lowest BCUT2D eigenvalue weighted by Gasteiger charge is -2.22. The molecule has 1 heterocycles. The zero-order valence-corrected chi connectivity index (χ0v) is 10.1. The minimum atomic E-state index is -3.03. The van der Waals surface area contributed by atoms with Crippen molar-refractivity contribution in [3.8, 4) is 0 Å². The largest absolute Gasteiger partial charge is 0.214 e. The van der Waals surface area contributed by atoms with Gasteiger partial charge < -0.3 is 0 Å². The van der Waals surface area contributed by atoms with Crippen molar-refractivity contribution in [3.63, 3.8) is 0 Å². The minimum Gasteiger partial charge on any atom is -0.212 e. The highest BCUT2D eigenvalue weighted by atomic mass is 35.5. The summed E-state index contributed by atoms with van der Waals surface area (Å²) in [7, 11) is -3.03. The van der Waals surface area contributed by atoms with Crippen LogP contribution in [-0.4, -0.2) is 36.9 Å². The van der Waals surface area contributed by atoms with Crippen molar-refractivity contribution in [2.45, 2.75) is 38.6 Å². The van der Waals surface area contributed by atoms with Crippen LogP contribution in [0.4, 0.5) is 0 Å². The van der Waals surface area contributed by atoms with E-state index in [0.717, 1.165) is 25.7 Å². The van der Waals surface area contributed by atoms with E-state index < -0.39 is 10.0 Å². The molecule has 0 saturated carbocycles.